The van der Waals surface area contributed by atoms with Gasteiger partial charge in [0.1, 0.15) is 24.5 Å². The Morgan fingerprint density at radius 1 is 0.403 bits per heavy atom. The zero-order valence-corrected chi connectivity index (χ0v) is 40.1. The van der Waals surface area contributed by atoms with Crippen molar-refractivity contribution in [1.29, 1.82) is 0 Å². The highest BCUT2D eigenvalue weighted by atomic mass is 15.2. The van der Waals surface area contributed by atoms with E-state index in [0.29, 0.717) is 23.7 Å². The van der Waals surface area contributed by atoms with E-state index in [9.17, 15) is 0 Å². The average molecular weight is 825 g/mol. The van der Waals surface area contributed by atoms with Crippen molar-refractivity contribution in [1.82, 2.24) is 9.13 Å². The summed E-state index contributed by atoms with van der Waals surface area (Å²) in [6.07, 6.45) is 15.7. The summed E-state index contributed by atoms with van der Waals surface area (Å²) in [6, 6.07) is 25.4. The molecule has 2 saturated carbocycles. The van der Waals surface area contributed by atoms with Crippen molar-refractivity contribution in [2.24, 2.45) is 10.8 Å². The van der Waals surface area contributed by atoms with Crippen molar-refractivity contribution < 1.29 is 9.13 Å². The molecule has 0 spiro atoms. The van der Waals surface area contributed by atoms with Crippen molar-refractivity contribution in [3.8, 4) is 11.4 Å². The van der Waals surface area contributed by atoms with Gasteiger partial charge in [-0.05, 0) is 201 Å². The fourth-order valence-corrected chi connectivity index (χ4v) is 14.8. The van der Waals surface area contributed by atoms with Crippen molar-refractivity contribution in [3.05, 3.63) is 118 Å². The maximum absolute atomic E-state index is 2.64. The molecule has 4 nitrogen and oxygen atoms in total. The normalized spacial score (nSPS) is 27.1. The van der Waals surface area contributed by atoms with Crippen LogP contribution in [0.3, 0.4) is 0 Å². The molecule has 0 saturated heterocycles. The fourth-order valence-electron chi connectivity index (χ4n) is 14.8. The summed E-state index contributed by atoms with van der Waals surface area (Å²) in [4.78, 5) is 0. The molecule has 14 rings (SSSR count). The maximum Gasteiger partial charge on any atom is 0.250 e. The maximum atomic E-state index is 2.64. The number of nitrogens with zero attached hydrogens (tertiary/aromatic N) is 4. The minimum absolute atomic E-state index is 0.0592. The molecular formula is C58H72N4+2. The highest BCUT2D eigenvalue weighted by Crippen LogP contribution is 2.63. The molecule has 6 aromatic rings. The largest absolute Gasteiger partial charge is 0.250 e. The predicted octanol–water partition coefficient (Wildman–Crippen LogP) is 13.5. The van der Waals surface area contributed by atoms with Gasteiger partial charge in [0.25, 0.3) is 0 Å². The van der Waals surface area contributed by atoms with E-state index in [4.69, 9.17) is 0 Å². The van der Waals surface area contributed by atoms with Crippen LogP contribution in [0.15, 0.2) is 73.3 Å². The Hall–Kier alpha value is -4.18. The minimum Gasteiger partial charge on any atom is -0.225 e. The Bertz CT molecular complexity index is 2690. The molecular weight excluding hydrogens is 753 g/mol. The molecule has 0 unspecified atom stereocenters. The van der Waals surface area contributed by atoms with Crippen LogP contribution in [0, 0.1) is 10.8 Å². The molecule has 2 heterocycles. The quantitative estimate of drug-likeness (QED) is 0.154. The number of fused-ring (bicyclic) bond motifs is 8. The Labute approximate surface area is 371 Å². The Kier molecular flexibility index (Phi) is 7.84. The van der Waals surface area contributed by atoms with E-state index >= 15 is 0 Å². The second-order valence-corrected chi connectivity index (χ2v) is 24.6. The standard InChI is InChI=1S/C58H72N4/c1-53(2)45-23-21-39(27-47(45)55(5,6)57(53,9)10)61-33-59(49-29-41-35-13-17-37(18-14-35)43(41)31-51(49)61)25-26-60-34-62(52-32-44-38-19-15-36(16-20-38)42(44)30-50(52)60)40-22-24-46-48(28-40)56(7,8)58(11,12)54(46,3)4/h21-24,27-38H,13-20,25-26H2,1-12H3/q+2. The van der Waals surface area contributed by atoms with Gasteiger partial charge in [0, 0.05) is 0 Å². The van der Waals surface area contributed by atoms with E-state index in [1.165, 1.54) is 107 Å². The molecule has 0 N–H and O–H groups in total. The Morgan fingerprint density at radius 3 is 1.05 bits per heavy atom. The van der Waals surface area contributed by atoms with Crippen molar-refractivity contribution in [2.75, 3.05) is 0 Å². The highest BCUT2D eigenvalue weighted by molar-refractivity contribution is 5.79. The SMILES string of the molecule is CC1(C)c2ccc(-n3c[n+](CC[n+]4cn(-c5ccc6c(c5)C(C)(C)C(C)(C)C6(C)C)c5cc6c(cc54)C4CCC6CC4)c4cc5c(cc43)C3CCC5CC3)cc2C(C)(C)C1(C)C. The van der Waals surface area contributed by atoms with Crippen molar-refractivity contribution >= 4 is 22.1 Å². The van der Waals surface area contributed by atoms with Gasteiger partial charge in [-0.25, -0.2) is 9.13 Å². The summed E-state index contributed by atoms with van der Waals surface area (Å²) in [6.45, 7) is 31.5. The lowest BCUT2D eigenvalue weighted by Crippen LogP contribution is -2.43. The summed E-state index contributed by atoms with van der Waals surface area (Å²) < 4.78 is 10.3. The van der Waals surface area contributed by atoms with Gasteiger partial charge in [-0.3, -0.25) is 0 Å². The highest BCUT2D eigenvalue weighted by Gasteiger charge is 2.58. The molecule has 4 heteroatoms. The van der Waals surface area contributed by atoms with Crippen LogP contribution in [0.2, 0.25) is 0 Å². The van der Waals surface area contributed by atoms with Gasteiger partial charge in [-0.15, -0.1) is 0 Å². The van der Waals surface area contributed by atoms with E-state index in [1.54, 1.807) is 22.3 Å². The number of hydrogen-bond donors (Lipinski definition) is 0. The molecule has 2 aromatic heterocycles. The molecule has 0 aliphatic heterocycles. The third-order valence-corrected chi connectivity index (χ3v) is 21.3. The molecule has 322 valence electrons. The predicted molar refractivity (Wildman–Crippen MR) is 255 cm³/mol. The van der Waals surface area contributed by atoms with Crippen LogP contribution in [0.25, 0.3) is 33.4 Å². The lowest BCUT2D eigenvalue weighted by atomic mass is 9.59. The third kappa shape index (κ3) is 4.81. The molecule has 0 radical (unpaired) electrons. The van der Waals surface area contributed by atoms with Crippen molar-refractivity contribution in [3.63, 3.8) is 0 Å². The smallest absolute Gasteiger partial charge is 0.225 e. The topological polar surface area (TPSA) is 17.6 Å². The van der Waals surface area contributed by atoms with Gasteiger partial charge < -0.3 is 0 Å². The van der Waals surface area contributed by atoms with Crippen LogP contribution in [-0.2, 0) is 34.7 Å². The zero-order chi connectivity index (χ0) is 43.3. The van der Waals surface area contributed by atoms with Gasteiger partial charge >= 0.3 is 0 Å². The van der Waals surface area contributed by atoms with Crippen LogP contribution in [0.1, 0.15) is 203 Å². The summed E-state index contributed by atoms with van der Waals surface area (Å²) >= 11 is 0. The first-order chi connectivity index (χ1) is 29.2. The van der Waals surface area contributed by atoms with Gasteiger partial charge in [0.15, 0.2) is 22.1 Å². The monoisotopic (exact) mass is 825 g/mol. The number of imidazole rings is 2. The molecule has 62 heavy (non-hydrogen) atoms. The Morgan fingerprint density at radius 2 is 0.710 bits per heavy atom. The second kappa shape index (κ2) is 12.3. The van der Waals surface area contributed by atoms with E-state index in [0.717, 1.165) is 13.1 Å². The Balaban J connectivity index is 0.998. The molecule has 8 aliphatic rings. The first-order valence-corrected chi connectivity index (χ1v) is 24.7. The van der Waals surface area contributed by atoms with Crippen LogP contribution in [0.5, 0.6) is 0 Å². The second-order valence-electron chi connectivity index (χ2n) is 24.6. The lowest BCUT2D eigenvalue weighted by molar-refractivity contribution is -0.755. The van der Waals surface area contributed by atoms with E-state index in [-0.39, 0.29) is 32.5 Å². The molecule has 0 atom stereocenters. The van der Waals surface area contributed by atoms with E-state index in [1.807, 2.05) is 0 Å². The summed E-state index contributed by atoms with van der Waals surface area (Å²) in [5.74, 6) is 2.84. The summed E-state index contributed by atoms with van der Waals surface area (Å²) in [7, 11) is 0. The first-order valence-electron chi connectivity index (χ1n) is 24.7. The lowest BCUT2D eigenvalue weighted by Gasteiger charge is -2.44. The van der Waals surface area contributed by atoms with E-state index < -0.39 is 0 Å². The zero-order valence-electron chi connectivity index (χ0n) is 40.1. The fraction of sp³-hybridized carbons (Fsp3) is 0.552. The number of benzene rings is 4. The van der Waals surface area contributed by atoms with Crippen LogP contribution in [0.4, 0.5) is 0 Å². The number of hydrogen-bond acceptors (Lipinski definition) is 0. The van der Waals surface area contributed by atoms with E-state index in [2.05, 4.69) is 175 Å². The molecule has 4 bridgehead atoms. The summed E-state index contributed by atoms with van der Waals surface area (Å²) in [5, 5.41) is 0. The molecule has 8 aliphatic carbocycles. The van der Waals surface area contributed by atoms with Gasteiger partial charge in [0.2, 0.25) is 12.7 Å². The summed E-state index contributed by atoms with van der Waals surface area (Å²) in [5.41, 5.74) is 21.3. The number of rotatable bonds is 5. The van der Waals surface area contributed by atoms with Gasteiger partial charge in [0.05, 0.1) is 0 Å². The van der Waals surface area contributed by atoms with Gasteiger partial charge in [-0.2, -0.15) is 9.13 Å². The minimum atomic E-state index is 0.0592. The first kappa shape index (κ1) is 39.4. The van der Waals surface area contributed by atoms with Crippen molar-refractivity contribution in [2.45, 2.75) is 193 Å². The molecule has 0 amide bonds. The molecule has 2 fully saturated rings. The average Bonchev–Trinajstić information content (AvgIpc) is 3.86. The van der Waals surface area contributed by atoms with Crippen LogP contribution >= 0.6 is 0 Å². The number of aromatic nitrogens is 4. The number of aryl methyl sites for hydroxylation is 2. The van der Waals surface area contributed by atoms with Crippen LogP contribution < -0.4 is 9.13 Å². The van der Waals surface area contributed by atoms with Gasteiger partial charge in [-0.1, -0.05) is 95.2 Å². The van der Waals surface area contributed by atoms with Crippen LogP contribution in [-0.4, -0.2) is 9.13 Å². The third-order valence-electron chi connectivity index (χ3n) is 21.3. The molecule has 4 aromatic carbocycles.